The Morgan fingerprint density at radius 1 is 1.35 bits per heavy atom. The maximum Gasteiger partial charge on any atom is 0.266 e. The highest BCUT2D eigenvalue weighted by molar-refractivity contribution is 7.09. The molecule has 0 atom stereocenters. The van der Waals surface area contributed by atoms with Gasteiger partial charge in [-0.05, 0) is 31.5 Å². The third kappa shape index (κ3) is 1.82. The van der Waals surface area contributed by atoms with Crippen molar-refractivity contribution in [2.45, 2.75) is 13.8 Å². The molecule has 0 radical (unpaired) electrons. The molecule has 23 heavy (non-hydrogen) atoms. The summed E-state index contributed by atoms with van der Waals surface area (Å²) in [6.45, 7) is 3.66. The summed E-state index contributed by atoms with van der Waals surface area (Å²) < 4.78 is 1.49. The topological polar surface area (TPSA) is 86.8 Å². The lowest BCUT2D eigenvalue weighted by Crippen LogP contribution is -2.18. The van der Waals surface area contributed by atoms with Gasteiger partial charge in [0.25, 0.3) is 5.56 Å². The summed E-state index contributed by atoms with van der Waals surface area (Å²) in [4.78, 5) is 24.9. The fourth-order valence-electron chi connectivity index (χ4n) is 2.81. The van der Waals surface area contributed by atoms with E-state index in [1.165, 1.54) is 15.7 Å². The first-order valence-corrected chi connectivity index (χ1v) is 7.85. The van der Waals surface area contributed by atoms with Crippen LogP contribution >= 0.6 is 11.3 Å². The Morgan fingerprint density at radius 3 is 2.87 bits per heavy atom. The van der Waals surface area contributed by atoms with E-state index in [1.807, 2.05) is 12.3 Å². The number of imidazole rings is 1. The number of nitrogens with zero attached hydrogens (tertiary/aromatic N) is 4. The Balaban J connectivity index is 2.27. The van der Waals surface area contributed by atoms with E-state index in [0.29, 0.717) is 39.2 Å². The van der Waals surface area contributed by atoms with Gasteiger partial charge in [0.2, 0.25) is 0 Å². The van der Waals surface area contributed by atoms with Crippen molar-refractivity contribution in [2.24, 2.45) is 0 Å². The van der Waals surface area contributed by atoms with Gasteiger partial charge in [0, 0.05) is 11.6 Å². The van der Waals surface area contributed by atoms with Gasteiger partial charge in [0.15, 0.2) is 11.3 Å². The fraction of sp³-hybridized carbons (Fsp3) is 0.125. The lowest BCUT2D eigenvalue weighted by atomic mass is 10.0. The minimum atomic E-state index is -0.205. The quantitative estimate of drug-likeness (QED) is 0.584. The highest BCUT2D eigenvalue weighted by atomic mass is 32.1. The number of nitrogens with one attached hydrogen (secondary N) is 1. The van der Waals surface area contributed by atoms with E-state index in [4.69, 9.17) is 0 Å². The Hall–Kier alpha value is -2.98. The normalized spacial score (nSPS) is 11.2. The average molecular weight is 321 g/mol. The largest absolute Gasteiger partial charge is 0.345 e. The van der Waals surface area contributed by atoms with Gasteiger partial charge in [-0.15, -0.1) is 11.3 Å². The van der Waals surface area contributed by atoms with E-state index in [0.717, 1.165) is 5.01 Å². The number of hydrogen-bond donors (Lipinski definition) is 1. The smallest absolute Gasteiger partial charge is 0.266 e. The van der Waals surface area contributed by atoms with Gasteiger partial charge in [0.05, 0.1) is 27.3 Å². The molecule has 4 aromatic heterocycles. The molecule has 0 bridgehead atoms. The van der Waals surface area contributed by atoms with E-state index in [-0.39, 0.29) is 5.56 Å². The summed E-state index contributed by atoms with van der Waals surface area (Å²) in [6, 6.07) is 5.79. The first-order chi connectivity index (χ1) is 11.1. The van der Waals surface area contributed by atoms with Crippen molar-refractivity contribution in [3.05, 3.63) is 50.2 Å². The van der Waals surface area contributed by atoms with Crippen LogP contribution in [0.25, 0.3) is 28.1 Å². The van der Waals surface area contributed by atoms with Crippen LogP contribution in [0.4, 0.5) is 0 Å². The average Bonchev–Trinajstić information content (AvgIpc) is 3.11. The highest BCUT2D eigenvalue weighted by Gasteiger charge is 2.21. The Kier molecular flexibility index (Phi) is 2.83. The van der Waals surface area contributed by atoms with E-state index >= 15 is 0 Å². The molecule has 7 heteroatoms. The second kappa shape index (κ2) is 4.76. The minimum absolute atomic E-state index is 0.205. The second-order valence-electron chi connectivity index (χ2n) is 5.22. The van der Waals surface area contributed by atoms with Gasteiger partial charge in [0.1, 0.15) is 6.07 Å². The van der Waals surface area contributed by atoms with Crippen LogP contribution in [-0.2, 0) is 0 Å². The molecule has 4 rings (SSSR count). The zero-order chi connectivity index (χ0) is 16.1. The third-order valence-corrected chi connectivity index (χ3v) is 4.63. The molecule has 0 aliphatic heterocycles. The van der Waals surface area contributed by atoms with Crippen LogP contribution in [0.2, 0.25) is 0 Å². The first kappa shape index (κ1) is 13.7. The van der Waals surface area contributed by atoms with Crippen molar-refractivity contribution >= 4 is 28.1 Å². The SMILES string of the molecule is Cc1nc(-c2c(C)c(C#N)c3nc4[nH]cccc4n3c2=O)cs1. The third-order valence-electron chi connectivity index (χ3n) is 3.86. The van der Waals surface area contributed by atoms with Gasteiger partial charge in [-0.25, -0.2) is 9.97 Å². The van der Waals surface area contributed by atoms with Gasteiger partial charge >= 0.3 is 0 Å². The number of nitriles is 1. The monoisotopic (exact) mass is 321 g/mol. The number of hydrogen-bond acceptors (Lipinski definition) is 5. The molecular weight excluding hydrogens is 310 g/mol. The molecule has 0 aliphatic rings. The molecule has 0 saturated carbocycles. The highest BCUT2D eigenvalue weighted by Crippen LogP contribution is 2.27. The summed E-state index contributed by atoms with van der Waals surface area (Å²) in [5.74, 6) is 0. The van der Waals surface area contributed by atoms with Gasteiger partial charge in [-0.1, -0.05) is 0 Å². The molecule has 0 spiro atoms. The predicted octanol–water partition coefficient (Wildman–Crippen LogP) is 2.79. The maximum atomic E-state index is 13.1. The van der Waals surface area contributed by atoms with Crippen molar-refractivity contribution in [1.82, 2.24) is 19.4 Å². The van der Waals surface area contributed by atoms with Crippen LogP contribution in [0.1, 0.15) is 16.1 Å². The molecular formula is C16H11N5OS. The lowest BCUT2D eigenvalue weighted by molar-refractivity contribution is 1.12. The summed E-state index contributed by atoms with van der Waals surface area (Å²) in [5, 5.41) is 12.3. The molecule has 1 N–H and O–H groups in total. The molecule has 112 valence electrons. The zero-order valence-corrected chi connectivity index (χ0v) is 13.2. The van der Waals surface area contributed by atoms with Crippen LogP contribution in [0.3, 0.4) is 0 Å². The van der Waals surface area contributed by atoms with Crippen LogP contribution in [0, 0.1) is 25.2 Å². The van der Waals surface area contributed by atoms with Gasteiger partial charge < -0.3 is 4.98 Å². The standard InChI is InChI=1S/C16H11N5OS/c1-8-10(6-17)15-20-14-12(4-3-5-18-14)21(15)16(22)13(8)11-7-23-9(2)19-11/h3-5,7H,1-2H3,(H,18,20). The maximum absolute atomic E-state index is 13.1. The van der Waals surface area contributed by atoms with Crippen molar-refractivity contribution in [1.29, 1.82) is 5.26 Å². The van der Waals surface area contributed by atoms with Gasteiger partial charge in [-0.2, -0.15) is 5.26 Å². The van der Waals surface area contributed by atoms with Crippen LogP contribution in [-0.4, -0.2) is 19.4 Å². The molecule has 0 amide bonds. The van der Waals surface area contributed by atoms with E-state index in [2.05, 4.69) is 21.0 Å². The van der Waals surface area contributed by atoms with E-state index in [1.54, 1.807) is 25.3 Å². The van der Waals surface area contributed by atoms with Crippen LogP contribution < -0.4 is 5.56 Å². The van der Waals surface area contributed by atoms with E-state index in [9.17, 15) is 10.1 Å². The molecule has 6 nitrogen and oxygen atoms in total. The molecule has 0 aromatic carbocycles. The van der Waals surface area contributed by atoms with Crippen molar-refractivity contribution in [3.8, 4) is 17.3 Å². The zero-order valence-electron chi connectivity index (χ0n) is 12.4. The Bertz CT molecular complexity index is 1180. The van der Waals surface area contributed by atoms with Crippen molar-refractivity contribution in [3.63, 3.8) is 0 Å². The number of pyridine rings is 2. The summed E-state index contributed by atoms with van der Waals surface area (Å²) >= 11 is 1.48. The number of rotatable bonds is 1. The lowest BCUT2D eigenvalue weighted by Gasteiger charge is -2.06. The number of aryl methyl sites for hydroxylation is 1. The number of thiazole rings is 1. The predicted molar refractivity (Wildman–Crippen MR) is 88.6 cm³/mol. The molecule has 0 saturated heterocycles. The number of aromatic amines is 1. The van der Waals surface area contributed by atoms with Crippen molar-refractivity contribution < 1.29 is 0 Å². The Labute approximate surface area is 134 Å². The fourth-order valence-corrected chi connectivity index (χ4v) is 3.41. The molecule has 4 heterocycles. The number of aromatic nitrogens is 4. The summed E-state index contributed by atoms with van der Waals surface area (Å²) in [7, 11) is 0. The number of fused-ring (bicyclic) bond motifs is 3. The summed E-state index contributed by atoms with van der Waals surface area (Å²) in [5.41, 5.74) is 3.48. The van der Waals surface area contributed by atoms with Crippen LogP contribution in [0.15, 0.2) is 28.5 Å². The summed E-state index contributed by atoms with van der Waals surface area (Å²) in [6.07, 6.45) is 1.74. The first-order valence-electron chi connectivity index (χ1n) is 6.97. The molecule has 0 fully saturated rings. The molecule has 0 unspecified atom stereocenters. The molecule has 0 aliphatic carbocycles. The van der Waals surface area contributed by atoms with Crippen molar-refractivity contribution in [2.75, 3.05) is 0 Å². The Morgan fingerprint density at radius 2 is 2.17 bits per heavy atom. The molecule has 4 aromatic rings. The van der Waals surface area contributed by atoms with E-state index < -0.39 is 0 Å². The number of H-pyrrole nitrogens is 1. The second-order valence-corrected chi connectivity index (χ2v) is 6.28. The van der Waals surface area contributed by atoms with Crippen LogP contribution in [0.5, 0.6) is 0 Å². The minimum Gasteiger partial charge on any atom is -0.345 e. The van der Waals surface area contributed by atoms with Gasteiger partial charge in [-0.3, -0.25) is 9.20 Å².